The molecule has 0 unspecified atom stereocenters. The third-order valence-electron chi connectivity index (χ3n) is 4.45. The van der Waals surface area contributed by atoms with Crippen LogP contribution in [0.1, 0.15) is 50.4 Å². The second kappa shape index (κ2) is 5.45. The predicted molar refractivity (Wildman–Crippen MR) is 89.9 cm³/mol. The molecule has 3 heteroatoms. The average molecular weight is 301 g/mol. The van der Waals surface area contributed by atoms with Crippen LogP contribution in [0.2, 0.25) is 0 Å². The number of hydrogen-bond donors (Lipinski definition) is 1. The summed E-state index contributed by atoms with van der Waals surface area (Å²) in [6.45, 7) is 6.91. The number of rotatable bonds is 2. The normalized spacial score (nSPS) is 24.9. The second-order valence-corrected chi connectivity index (χ2v) is 8.14. The Morgan fingerprint density at radius 3 is 2.81 bits per heavy atom. The first-order chi connectivity index (χ1) is 9.94. The van der Waals surface area contributed by atoms with Crippen molar-refractivity contribution in [2.24, 2.45) is 11.3 Å². The standard InChI is InChI=1S/C18H23NOS/c1-12-8-13(10-18(2,3)9-12)19-17(20)15-11-21-16-7-5-4-6-14(15)16/h4-7,11-13H,8-10H2,1-3H3,(H,19,20)/t12-,13+/m1/s1. The molecule has 0 saturated heterocycles. The number of carbonyl (C=O) groups is 1. The Hall–Kier alpha value is -1.35. The fourth-order valence-corrected chi connectivity index (χ4v) is 4.81. The van der Waals surface area contributed by atoms with Gasteiger partial charge in [0.2, 0.25) is 0 Å². The van der Waals surface area contributed by atoms with Crippen LogP contribution in [-0.2, 0) is 0 Å². The summed E-state index contributed by atoms with van der Waals surface area (Å²) in [6, 6.07) is 8.43. The molecule has 0 spiro atoms. The van der Waals surface area contributed by atoms with Gasteiger partial charge in [-0.05, 0) is 36.7 Å². The molecule has 1 N–H and O–H groups in total. The van der Waals surface area contributed by atoms with Crippen molar-refractivity contribution in [2.75, 3.05) is 0 Å². The smallest absolute Gasteiger partial charge is 0.252 e. The first-order valence-electron chi connectivity index (χ1n) is 7.72. The molecule has 1 aromatic carbocycles. The lowest BCUT2D eigenvalue weighted by Crippen LogP contribution is -2.42. The lowest BCUT2D eigenvalue weighted by atomic mass is 9.70. The van der Waals surface area contributed by atoms with Gasteiger partial charge in [0.25, 0.3) is 5.91 Å². The van der Waals surface area contributed by atoms with E-state index < -0.39 is 0 Å². The van der Waals surface area contributed by atoms with Gasteiger partial charge in [-0.3, -0.25) is 4.79 Å². The SMILES string of the molecule is C[C@@H]1C[C@H](NC(=O)c2csc3ccccc23)CC(C)(C)C1. The molecule has 0 radical (unpaired) electrons. The molecule has 1 aliphatic carbocycles. The molecule has 0 bridgehead atoms. The van der Waals surface area contributed by atoms with E-state index in [0.717, 1.165) is 23.8 Å². The number of hydrogen-bond acceptors (Lipinski definition) is 2. The van der Waals surface area contributed by atoms with E-state index in [1.807, 2.05) is 23.6 Å². The van der Waals surface area contributed by atoms with Crippen molar-refractivity contribution in [3.63, 3.8) is 0 Å². The molecule has 2 aromatic rings. The van der Waals surface area contributed by atoms with Gasteiger partial charge in [0, 0.05) is 21.5 Å². The number of carbonyl (C=O) groups excluding carboxylic acids is 1. The van der Waals surface area contributed by atoms with Crippen LogP contribution in [-0.4, -0.2) is 11.9 Å². The van der Waals surface area contributed by atoms with Crippen LogP contribution in [0.15, 0.2) is 29.6 Å². The Bertz CT molecular complexity index is 658. The minimum Gasteiger partial charge on any atom is -0.349 e. The molecule has 1 heterocycles. The topological polar surface area (TPSA) is 29.1 Å². The van der Waals surface area contributed by atoms with Crippen molar-refractivity contribution in [2.45, 2.75) is 46.1 Å². The van der Waals surface area contributed by atoms with E-state index in [0.29, 0.717) is 17.4 Å². The fourth-order valence-electron chi connectivity index (χ4n) is 3.87. The first-order valence-corrected chi connectivity index (χ1v) is 8.60. The summed E-state index contributed by atoms with van der Waals surface area (Å²) in [7, 11) is 0. The quantitative estimate of drug-likeness (QED) is 0.844. The zero-order chi connectivity index (χ0) is 15.0. The van der Waals surface area contributed by atoms with Crippen molar-refractivity contribution in [1.29, 1.82) is 0 Å². The van der Waals surface area contributed by atoms with Crippen molar-refractivity contribution in [3.05, 3.63) is 35.2 Å². The Balaban J connectivity index is 1.77. The van der Waals surface area contributed by atoms with E-state index in [2.05, 4.69) is 32.2 Å². The summed E-state index contributed by atoms with van der Waals surface area (Å²) in [6.07, 6.45) is 3.42. The highest BCUT2D eigenvalue weighted by atomic mass is 32.1. The molecular weight excluding hydrogens is 278 g/mol. The molecule has 1 fully saturated rings. The molecule has 1 saturated carbocycles. The summed E-state index contributed by atoms with van der Waals surface area (Å²) >= 11 is 1.64. The molecule has 2 nitrogen and oxygen atoms in total. The van der Waals surface area contributed by atoms with Crippen molar-refractivity contribution in [3.8, 4) is 0 Å². The van der Waals surface area contributed by atoms with E-state index in [1.54, 1.807) is 11.3 Å². The predicted octanol–water partition coefficient (Wildman–Crippen LogP) is 4.85. The minimum atomic E-state index is 0.0855. The summed E-state index contributed by atoms with van der Waals surface area (Å²) in [5.74, 6) is 0.764. The van der Waals surface area contributed by atoms with Gasteiger partial charge in [-0.1, -0.05) is 39.0 Å². The number of amides is 1. The Kier molecular flexibility index (Phi) is 3.78. The number of thiophene rings is 1. The lowest BCUT2D eigenvalue weighted by molar-refractivity contribution is 0.0876. The molecule has 2 atom stereocenters. The van der Waals surface area contributed by atoms with Crippen molar-refractivity contribution >= 4 is 27.3 Å². The monoisotopic (exact) mass is 301 g/mol. The zero-order valence-electron chi connectivity index (χ0n) is 13.0. The maximum absolute atomic E-state index is 12.6. The number of benzene rings is 1. The molecule has 21 heavy (non-hydrogen) atoms. The van der Waals surface area contributed by atoms with Gasteiger partial charge in [-0.25, -0.2) is 0 Å². The molecular formula is C18H23NOS. The van der Waals surface area contributed by atoms with Gasteiger partial charge < -0.3 is 5.32 Å². The van der Waals surface area contributed by atoms with Crippen molar-refractivity contribution in [1.82, 2.24) is 5.32 Å². The Labute approximate surface area is 130 Å². The van der Waals surface area contributed by atoms with Crippen LogP contribution < -0.4 is 5.32 Å². The van der Waals surface area contributed by atoms with Crippen LogP contribution in [0.4, 0.5) is 0 Å². The third kappa shape index (κ3) is 3.13. The number of fused-ring (bicyclic) bond motifs is 1. The van der Waals surface area contributed by atoms with Gasteiger partial charge >= 0.3 is 0 Å². The van der Waals surface area contributed by atoms with E-state index in [-0.39, 0.29) is 5.91 Å². The highest BCUT2D eigenvalue weighted by Crippen LogP contribution is 2.38. The van der Waals surface area contributed by atoms with Gasteiger partial charge in [-0.15, -0.1) is 11.3 Å². The van der Waals surface area contributed by atoms with Gasteiger partial charge in [-0.2, -0.15) is 0 Å². The number of nitrogens with one attached hydrogen (secondary N) is 1. The lowest BCUT2D eigenvalue weighted by Gasteiger charge is -2.39. The van der Waals surface area contributed by atoms with E-state index >= 15 is 0 Å². The maximum atomic E-state index is 12.6. The summed E-state index contributed by atoms with van der Waals surface area (Å²) in [5.41, 5.74) is 1.15. The highest BCUT2D eigenvalue weighted by Gasteiger charge is 2.33. The van der Waals surface area contributed by atoms with Crippen LogP contribution in [0, 0.1) is 11.3 Å². The average Bonchev–Trinajstić information content (AvgIpc) is 2.79. The third-order valence-corrected chi connectivity index (χ3v) is 5.41. The molecule has 3 rings (SSSR count). The Morgan fingerprint density at radius 2 is 2.05 bits per heavy atom. The Morgan fingerprint density at radius 1 is 1.29 bits per heavy atom. The second-order valence-electron chi connectivity index (χ2n) is 7.23. The zero-order valence-corrected chi connectivity index (χ0v) is 13.8. The van der Waals surface area contributed by atoms with Gasteiger partial charge in [0.1, 0.15) is 0 Å². The summed E-state index contributed by atoms with van der Waals surface area (Å²) in [4.78, 5) is 12.6. The first kappa shape index (κ1) is 14.6. The molecule has 1 aliphatic rings. The van der Waals surface area contributed by atoms with Crippen LogP contribution in [0.3, 0.4) is 0 Å². The van der Waals surface area contributed by atoms with Crippen LogP contribution in [0.25, 0.3) is 10.1 Å². The summed E-state index contributed by atoms with van der Waals surface area (Å²) in [5, 5.41) is 6.32. The molecule has 1 amide bonds. The molecule has 1 aromatic heterocycles. The van der Waals surface area contributed by atoms with Crippen molar-refractivity contribution < 1.29 is 4.79 Å². The van der Waals surface area contributed by atoms with E-state index in [4.69, 9.17) is 0 Å². The molecule has 0 aliphatic heterocycles. The van der Waals surface area contributed by atoms with Crippen LogP contribution >= 0.6 is 11.3 Å². The maximum Gasteiger partial charge on any atom is 0.252 e. The largest absolute Gasteiger partial charge is 0.349 e. The molecule has 112 valence electrons. The minimum absolute atomic E-state index is 0.0855. The summed E-state index contributed by atoms with van der Waals surface area (Å²) < 4.78 is 1.18. The van der Waals surface area contributed by atoms with Gasteiger partial charge in [0.15, 0.2) is 0 Å². The van der Waals surface area contributed by atoms with E-state index in [9.17, 15) is 4.79 Å². The van der Waals surface area contributed by atoms with Crippen LogP contribution in [0.5, 0.6) is 0 Å². The van der Waals surface area contributed by atoms with E-state index in [1.165, 1.54) is 11.1 Å². The van der Waals surface area contributed by atoms with Gasteiger partial charge in [0.05, 0.1) is 5.56 Å². The highest BCUT2D eigenvalue weighted by molar-refractivity contribution is 7.17. The fraction of sp³-hybridized carbons (Fsp3) is 0.500.